The van der Waals surface area contributed by atoms with Gasteiger partial charge in [0.1, 0.15) is 12.6 Å². The number of hydrogen-bond acceptors (Lipinski definition) is 6. The van der Waals surface area contributed by atoms with Gasteiger partial charge >= 0.3 is 0 Å². The molecule has 0 bridgehead atoms. The Hall–Kier alpha value is -4.05. The second-order valence-electron chi connectivity index (χ2n) is 10.5. The summed E-state index contributed by atoms with van der Waals surface area (Å²) >= 11 is 0. The zero-order valence-corrected chi connectivity index (χ0v) is 25.4. The Morgan fingerprint density at radius 3 is 2.19 bits per heavy atom. The van der Waals surface area contributed by atoms with Crippen molar-refractivity contribution in [3.63, 3.8) is 0 Å². The first kappa shape index (κ1) is 30.9. The lowest BCUT2D eigenvalue weighted by atomic mass is 10.1. The van der Waals surface area contributed by atoms with Crippen LogP contribution in [0.5, 0.6) is 11.5 Å². The first-order valence-electron chi connectivity index (χ1n) is 14.1. The van der Waals surface area contributed by atoms with Crippen molar-refractivity contribution < 1.29 is 27.5 Å². The molecule has 10 heteroatoms. The minimum absolute atomic E-state index is 0.0600. The van der Waals surface area contributed by atoms with E-state index in [4.69, 9.17) is 9.47 Å². The Morgan fingerprint density at radius 1 is 0.929 bits per heavy atom. The number of aryl methyl sites for hydroxylation is 1. The summed E-state index contributed by atoms with van der Waals surface area (Å²) in [6.45, 7) is 3.23. The summed E-state index contributed by atoms with van der Waals surface area (Å²) in [7, 11) is -1.35. The van der Waals surface area contributed by atoms with Gasteiger partial charge in [0.15, 0.2) is 11.5 Å². The highest BCUT2D eigenvalue weighted by atomic mass is 32.2. The topological polar surface area (TPSA) is 105 Å². The lowest BCUT2D eigenvalue weighted by Gasteiger charge is -2.32. The molecular weight excluding hydrogens is 554 g/mol. The molecule has 0 unspecified atom stereocenters. The number of ether oxygens (including phenoxy) is 2. The number of anilines is 1. The zero-order valence-electron chi connectivity index (χ0n) is 24.6. The number of rotatable bonds is 12. The van der Waals surface area contributed by atoms with Crippen LogP contribution in [0.25, 0.3) is 0 Å². The minimum Gasteiger partial charge on any atom is -0.493 e. The summed E-state index contributed by atoms with van der Waals surface area (Å²) in [6, 6.07) is 19.8. The van der Waals surface area contributed by atoms with Gasteiger partial charge in [-0.1, -0.05) is 60.9 Å². The number of amides is 2. The largest absolute Gasteiger partial charge is 0.493 e. The van der Waals surface area contributed by atoms with Crippen LogP contribution in [0.3, 0.4) is 0 Å². The molecule has 1 aliphatic rings. The van der Waals surface area contributed by atoms with E-state index in [1.165, 1.54) is 37.3 Å². The maximum Gasteiger partial charge on any atom is 0.264 e. The predicted molar refractivity (Wildman–Crippen MR) is 162 cm³/mol. The van der Waals surface area contributed by atoms with Crippen LogP contribution in [0.4, 0.5) is 5.69 Å². The molecule has 1 N–H and O–H groups in total. The molecule has 9 nitrogen and oxygen atoms in total. The lowest BCUT2D eigenvalue weighted by molar-refractivity contribution is -0.139. The van der Waals surface area contributed by atoms with Gasteiger partial charge in [0.2, 0.25) is 11.8 Å². The van der Waals surface area contributed by atoms with Crippen LogP contribution >= 0.6 is 0 Å². The number of hydrogen-bond donors (Lipinski definition) is 1. The van der Waals surface area contributed by atoms with Crippen molar-refractivity contribution in [2.24, 2.45) is 0 Å². The van der Waals surface area contributed by atoms with E-state index in [0.717, 1.165) is 41.1 Å². The highest BCUT2D eigenvalue weighted by molar-refractivity contribution is 7.92. The van der Waals surface area contributed by atoms with Crippen molar-refractivity contribution >= 4 is 27.5 Å². The second-order valence-corrected chi connectivity index (χ2v) is 12.4. The van der Waals surface area contributed by atoms with E-state index in [0.29, 0.717) is 11.4 Å². The molecule has 0 heterocycles. The quantitative estimate of drug-likeness (QED) is 0.327. The van der Waals surface area contributed by atoms with E-state index in [-0.39, 0.29) is 29.1 Å². The number of nitrogens with zero attached hydrogens (tertiary/aromatic N) is 2. The Kier molecular flexibility index (Phi) is 10.1. The third-order valence-electron chi connectivity index (χ3n) is 7.61. The minimum atomic E-state index is -4.24. The molecule has 2 amide bonds. The summed E-state index contributed by atoms with van der Waals surface area (Å²) in [4.78, 5) is 28.8. The Balaban J connectivity index is 1.70. The number of carbonyl (C=O) groups is 2. The smallest absolute Gasteiger partial charge is 0.264 e. The monoisotopic (exact) mass is 593 g/mol. The molecule has 1 aliphatic carbocycles. The Bertz CT molecular complexity index is 1470. The number of methoxy groups -OCH3 is 2. The molecule has 3 aromatic carbocycles. The highest BCUT2D eigenvalue weighted by Gasteiger charge is 2.33. The van der Waals surface area contributed by atoms with E-state index < -0.39 is 28.5 Å². The van der Waals surface area contributed by atoms with Gasteiger partial charge in [-0.2, -0.15) is 0 Å². The summed E-state index contributed by atoms with van der Waals surface area (Å²) in [5.74, 6) is -0.129. The van der Waals surface area contributed by atoms with Gasteiger partial charge in [-0.3, -0.25) is 13.9 Å². The standard InChI is InChI=1S/C32H39N3O6S/c1-23-14-16-27(17-15-23)35(42(38,39)28-18-19-29(40-3)30(20-28)41-4)22-31(36)34(21-25-10-6-5-7-11-25)24(2)32(37)33-26-12-8-9-13-26/h5-7,10-11,14-20,24,26H,8-9,12-13,21-22H2,1-4H3,(H,33,37)/t24-/m1/s1. The third kappa shape index (κ3) is 7.23. The van der Waals surface area contributed by atoms with Crippen molar-refractivity contribution in [2.45, 2.75) is 63.1 Å². The molecule has 42 heavy (non-hydrogen) atoms. The number of nitrogens with one attached hydrogen (secondary N) is 1. The fraction of sp³-hybridized carbons (Fsp3) is 0.375. The van der Waals surface area contributed by atoms with Gasteiger partial charge in [0.25, 0.3) is 10.0 Å². The van der Waals surface area contributed by atoms with Gasteiger partial charge in [-0.05, 0) is 56.5 Å². The van der Waals surface area contributed by atoms with Crippen molar-refractivity contribution in [3.8, 4) is 11.5 Å². The molecule has 4 rings (SSSR count). The molecule has 0 radical (unpaired) electrons. The Labute approximate surface area is 248 Å². The average molecular weight is 594 g/mol. The van der Waals surface area contributed by atoms with Crippen LogP contribution in [-0.2, 0) is 26.2 Å². The molecule has 1 saturated carbocycles. The molecule has 1 atom stereocenters. The van der Waals surface area contributed by atoms with Crippen LogP contribution in [0.15, 0.2) is 77.7 Å². The van der Waals surface area contributed by atoms with Crippen molar-refractivity contribution in [1.29, 1.82) is 0 Å². The summed E-state index contributed by atoms with van der Waals surface area (Å²) in [6.07, 6.45) is 3.95. The maximum atomic E-state index is 14.1. The molecule has 224 valence electrons. The fourth-order valence-electron chi connectivity index (χ4n) is 5.10. The molecule has 0 spiro atoms. The molecule has 0 saturated heterocycles. The third-order valence-corrected chi connectivity index (χ3v) is 9.38. The first-order valence-corrected chi connectivity index (χ1v) is 15.5. The van der Waals surface area contributed by atoms with E-state index >= 15 is 0 Å². The molecule has 0 aliphatic heterocycles. The Morgan fingerprint density at radius 2 is 1.57 bits per heavy atom. The fourth-order valence-corrected chi connectivity index (χ4v) is 6.53. The van der Waals surface area contributed by atoms with Crippen LogP contribution < -0.4 is 19.1 Å². The summed E-state index contributed by atoms with van der Waals surface area (Å²) in [5.41, 5.74) is 2.10. The zero-order chi connectivity index (χ0) is 30.3. The van der Waals surface area contributed by atoms with Gasteiger partial charge in [0, 0.05) is 18.7 Å². The number of carbonyl (C=O) groups excluding carboxylic acids is 2. The predicted octanol–water partition coefficient (Wildman–Crippen LogP) is 4.68. The molecule has 3 aromatic rings. The van der Waals surface area contributed by atoms with Crippen LogP contribution in [0.1, 0.15) is 43.7 Å². The van der Waals surface area contributed by atoms with Crippen LogP contribution in [0.2, 0.25) is 0 Å². The summed E-state index contributed by atoms with van der Waals surface area (Å²) < 4.78 is 39.9. The van der Waals surface area contributed by atoms with Crippen LogP contribution in [-0.4, -0.2) is 58.0 Å². The van der Waals surface area contributed by atoms with Gasteiger partial charge < -0.3 is 19.7 Å². The average Bonchev–Trinajstić information content (AvgIpc) is 3.51. The normalized spacial score (nSPS) is 14.2. The molecular formula is C32H39N3O6S. The number of benzene rings is 3. The highest BCUT2D eigenvalue weighted by Crippen LogP contribution is 2.32. The van der Waals surface area contributed by atoms with Gasteiger partial charge in [0.05, 0.1) is 24.8 Å². The van der Waals surface area contributed by atoms with E-state index in [1.54, 1.807) is 31.2 Å². The first-order chi connectivity index (χ1) is 20.1. The molecule has 1 fully saturated rings. The van der Waals surface area contributed by atoms with Crippen molar-refractivity contribution in [1.82, 2.24) is 10.2 Å². The summed E-state index contributed by atoms with van der Waals surface area (Å²) in [5, 5.41) is 3.08. The second kappa shape index (κ2) is 13.7. The molecule has 0 aromatic heterocycles. The van der Waals surface area contributed by atoms with E-state index in [9.17, 15) is 18.0 Å². The van der Waals surface area contributed by atoms with E-state index in [2.05, 4.69) is 5.32 Å². The van der Waals surface area contributed by atoms with Crippen LogP contribution in [0, 0.1) is 6.92 Å². The maximum absolute atomic E-state index is 14.1. The van der Waals surface area contributed by atoms with Crippen molar-refractivity contribution in [3.05, 3.63) is 83.9 Å². The van der Waals surface area contributed by atoms with E-state index in [1.807, 2.05) is 37.3 Å². The SMILES string of the molecule is COc1ccc(S(=O)(=O)N(CC(=O)N(Cc2ccccc2)[C@H](C)C(=O)NC2CCCC2)c2ccc(C)cc2)cc1OC. The number of sulfonamides is 1. The van der Waals surface area contributed by atoms with Crippen molar-refractivity contribution in [2.75, 3.05) is 25.1 Å². The van der Waals surface area contributed by atoms with Gasteiger partial charge in [-0.25, -0.2) is 8.42 Å². The lowest BCUT2D eigenvalue weighted by Crippen LogP contribution is -2.52. The van der Waals surface area contributed by atoms with Gasteiger partial charge in [-0.15, -0.1) is 0 Å².